The van der Waals surface area contributed by atoms with Gasteiger partial charge in [-0.3, -0.25) is 0 Å². The number of alkyl carbamates (subject to hydrolysis) is 1. The Labute approximate surface area is 84.5 Å². The molecule has 0 spiro atoms. The van der Waals surface area contributed by atoms with Gasteiger partial charge in [0.1, 0.15) is 5.76 Å². The van der Waals surface area contributed by atoms with Crippen LogP contribution in [0.4, 0.5) is 4.79 Å². The Kier molecular flexibility index (Phi) is 2.75. The zero-order valence-corrected chi connectivity index (χ0v) is 8.42. The Balaban J connectivity index is 1.95. The molecule has 1 saturated heterocycles. The SMILES string of the molecule is C=C1CC(C2CCCCC2)NC(=O)O1. The Morgan fingerprint density at radius 2 is 2.00 bits per heavy atom. The third kappa shape index (κ3) is 2.08. The highest BCUT2D eigenvalue weighted by Gasteiger charge is 2.30. The van der Waals surface area contributed by atoms with E-state index in [0.29, 0.717) is 11.7 Å². The lowest BCUT2D eigenvalue weighted by atomic mass is 9.82. The molecule has 1 heterocycles. The van der Waals surface area contributed by atoms with E-state index in [0.717, 1.165) is 6.42 Å². The molecule has 0 bridgehead atoms. The fourth-order valence-corrected chi connectivity index (χ4v) is 2.47. The van der Waals surface area contributed by atoms with Crippen molar-refractivity contribution in [2.24, 2.45) is 5.92 Å². The van der Waals surface area contributed by atoms with Crippen LogP contribution < -0.4 is 5.32 Å². The van der Waals surface area contributed by atoms with E-state index in [1.165, 1.54) is 32.1 Å². The van der Waals surface area contributed by atoms with Crippen LogP contribution in [0.15, 0.2) is 12.3 Å². The van der Waals surface area contributed by atoms with Crippen molar-refractivity contribution in [2.45, 2.75) is 44.6 Å². The van der Waals surface area contributed by atoms with Crippen LogP contribution in [0.5, 0.6) is 0 Å². The Morgan fingerprint density at radius 1 is 1.29 bits per heavy atom. The van der Waals surface area contributed by atoms with E-state index >= 15 is 0 Å². The van der Waals surface area contributed by atoms with E-state index in [2.05, 4.69) is 11.9 Å². The smallest absolute Gasteiger partial charge is 0.412 e. The molecule has 0 aromatic rings. The summed E-state index contributed by atoms with van der Waals surface area (Å²) in [5.74, 6) is 1.25. The van der Waals surface area contributed by atoms with Crippen molar-refractivity contribution >= 4 is 6.09 Å². The van der Waals surface area contributed by atoms with Gasteiger partial charge in [0, 0.05) is 12.5 Å². The number of ether oxygens (including phenoxy) is 1. The largest absolute Gasteiger partial charge is 0.415 e. The van der Waals surface area contributed by atoms with Crippen molar-refractivity contribution < 1.29 is 9.53 Å². The average Bonchev–Trinajstić information content (AvgIpc) is 2.18. The molecule has 1 N–H and O–H groups in total. The van der Waals surface area contributed by atoms with E-state index in [4.69, 9.17) is 4.74 Å². The summed E-state index contributed by atoms with van der Waals surface area (Å²) >= 11 is 0. The monoisotopic (exact) mass is 195 g/mol. The molecule has 1 aliphatic heterocycles. The number of hydrogen-bond acceptors (Lipinski definition) is 2. The molecule has 0 aromatic carbocycles. The maximum Gasteiger partial charge on any atom is 0.412 e. The molecular formula is C11H17NO2. The summed E-state index contributed by atoms with van der Waals surface area (Å²) in [6.07, 6.45) is 6.87. The number of cyclic esters (lactones) is 1. The highest BCUT2D eigenvalue weighted by molar-refractivity contribution is 5.70. The second-order valence-electron chi connectivity index (χ2n) is 4.28. The lowest BCUT2D eigenvalue weighted by Crippen LogP contribution is -2.45. The molecule has 2 rings (SSSR count). The highest BCUT2D eigenvalue weighted by atomic mass is 16.6. The molecule has 3 nitrogen and oxygen atoms in total. The Hall–Kier alpha value is -0.990. The summed E-state index contributed by atoms with van der Waals surface area (Å²) in [4.78, 5) is 11.1. The van der Waals surface area contributed by atoms with E-state index in [1.807, 2.05) is 0 Å². The van der Waals surface area contributed by atoms with E-state index < -0.39 is 0 Å². The minimum Gasteiger partial charge on any atom is -0.415 e. The van der Waals surface area contributed by atoms with Crippen LogP contribution in [0, 0.1) is 5.92 Å². The summed E-state index contributed by atoms with van der Waals surface area (Å²) < 4.78 is 4.86. The first-order valence-corrected chi connectivity index (χ1v) is 5.42. The molecule has 1 aliphatic carbocycles. The van der Waals surface area contributed by atoms with Gasteiger partial charge in [0.25, 0.3) is 0 Å². The fraction of sp³-hybridized carbons (Fsp3) is 0.727. The van der Waals surface area contributed by atoms with Gasteiger partial charge in [-0.2, -0.15) is 0 Å². The molecule has 3 heteroatoms. The van der Waals surface area contributed by atoms with Crippen molar-refractivity contribution in [3.8, 4) is 0 Å². The molecule has 0 radical (unpaired) electrons. The zero-order valence-electron chi connectivity index (χ0n) is 8.42. The molecule has 1 saturated carbocycles. The normalized spacial score (nSPS) is 29.6. The number of amides is 1. The lowest BCUT2D eigenvalue weighted by Gasteiger charge is -2.33. The van der Waals surface area contributed by atoms with Gasteiger partial charge >= 0.3 is 6.09 Å². The van der Waals surface area contributed by atoms with Gasteiger partial charge in [-0.25, -0.2) is 4.79 Å². The molecule has 2 fully saturated rings. The summed E-state index contributed by atoms with van der Waals surface area (Å²) in [5, 5.41) is 2.89. The van der Waals surface area contributed by atoms with E-state index in [9.17, 15) is 4.79 Å². The van der Waals surface area contributed by atoms with Gasteiger partial charge in [0.05, 0.1) is 0 Å². The van der Waals surface area contributed by atoms with Crippen LogP contribution in [0.25, 0.3) is 0 Å². The minimum absolute atomic E-state index is 0.268. The fourth-order valence-electron chi connectivity index (χ4n) is 2.47. The minimum atomic E-state index is -0.322. The quantitative estimate of drug-likeness (QED) is 0.698. The highest BCUT2D eigenvalue weighted by Crippen LogP contribution is 2.30. The second-order valence-corrected chi connectivity index (χ2v) is 4.28. The molecule has 0 aromatic heterocycles. The van der Waals surface area contributed by atoms with Gasteiger partial charge in [-0.1, -0.05) is 25.8 Å². The van der Waals surface area contributed by atoms with Gasteiger partial charge in [-0.15, -0.1) is 0 Å². The molecule has 14 heavy (non-hydrogen) atoms. The lowest BCUT2D eigenvalue weighted by molar-refractivity contribution is 0.133. The molecule has 1 unspecified atom stereocenters. The maximum atomic E-state index is 11.1. The van der Waals surface area contributed by atoms with Gasteiger partial charge in [0.2, 0.25) is 0 Å². The third-order valence-electron chi connectivity index (χ3n) is 3.21. The maximum absolute atomic E-state index is 11.1. The van der Waals surface area contributed by atoms with Crippen molar-refractivity contribution in [3.05, 3.63) is 12.3 Å². The van der Waals surface area contributed by atoms with Crippen molar-refractivity contribution in [2.75, 3.05) is 0 Å². The number of rotatable bonds is 1. The van der Waals surface area contributed by atoms with Gasteiger partial charge < -0.3 is 10.1 Å². The Bertz CT molecular complexity index is 228. The molecular weight excluding hydrogens is 178 g/mol. The topological polar surface area (TPSA) is 38.3 Å². The summed E-state index contributed by atoms with van der Waals surface area (Å²) in [5.41, 5.74) is 0. The number of carbonyl (C=O) groups excluding carboxylic acids is 1. The first-order valence-electron chi connectivity index (χ1n) is 5.42. The summed E-state index contributed by atoms with van der Waals surface area (Å²) in [6.45, 7) is 3.73. The molecule has 2 aliphatic rings. The standard InChI is InChI=1S/C11H17NO2/c1-8-7-10(12-11(13)14-8)9-5-3-2-4-6-9/h9-10H,1-7H2,(H,12,13). The van der Waals surface area contributed by atoms with Crippen LogP contribution in [0.1, 0.15) is 38.5 Å². The van der Waals surface area contributed by atoms with Crippen LogP contribution in [-0.4, -0.2) is 12.1 Å². The summed E-state index contributed by atoms with van der Waals surface area (Å²) in [6, 6.07) is 0.268. The molecule has 1 atom stereocenters. The number of nitrogens with one attached hydrogen (secondary N) is 1. The van der Waals surface area contributed by atoms with Crippen molar-refractivity contribution in [1.29, 1.82) is 0 Å². The molecule has 1 amide bonds. The predicted molar refractivity (Wildman–Crippen MR) is 53.7 cm³/mol. The van der Waals surface area contributed by atoms with Crippen molar-refractivity contribution in [1.82, 2.24) is 5.32 Å². The first-order chi connectivity index (χ1) is 6.75. The number of hydrogen-bond donors (Lipinski definition) is 1. The average molecular weight is 195 g/mol. The summed E-state index contributed by atoms with van der Waals surface area (Å²) in [7, 11) is 0. The zero-order chi connectivity index (χ0) is 9.97. The number of carbonyl (C=O) groups is 1. The van der Waals surface area contributed by atoms with Crippen molar-refractivity contribution in [3.63, 3.8) is 0 Å². The van der Waals surface area contributed by atoms with Crippen LogP contribution in [0.3, 0.4) is 0 Å². The Morgan fingerprint density at radius 3 is 2.64 bits per heavy atom. The first kappa shape index (κ1) is 9.56. The third-order valence-corrected chi connectivity index (χ3v) is 3.21. The van der Waals surface area contributed by atoms with E-state index in [-0.39, 0.29) is 12.1 Å². The van der Waals surface area contributed by atoms with Gasteiger partial charge in [-0.05, 0) is 18.8 Å². The van der Waals surface area contributed by atoms with Crippen LogP contribution >= 0.6 is 0 Å². The predicted octanol–water partition coefficient (Wildman–Crippen LogP) is 2.58. The van der Waals surface area contributed by atoms with Gasteiger partial charge in [0.15, 0.2) is 0 Å². The second kappa shape index (κ2) is 4.03. The van der Waals surface area contributed by atoms with Crippen LogP contribution in [-0.2, 0) is 4.74 Å². The van der Waals surface area contributed by atoms with E-state index in [1.54, 1.807) is 0 Å². The van der Waals surface area contributed by atoms with Crippen LogP contribution in [0.2, 0.25) is 0 Å². The molecule has 78 valence electrons.